The maximum Gasteiger partial charge on any atom is 0.310 e. The van der Waals surface area contributed by atoms with Crippen LogP contribution < -0.4 is 5.32 Å². The monoisotopic (exact) mass is 225 g/mol. The second kappa shape index (κ2) is 5.67. The van der Waals surface area contributed by atoms with Crippen LogP contribution in [0.25, 0.3) is 0 Å². The zero-order valence-electron chi connectivity index (χ0n) is 10.2. The van der Waals surface area contributed by atoms with Crippen LogP contribution in [0.5, 0.6) is 0 Å². The fraction of sp³-hybridized carbons (Fsp3) is 0.923. The van der Waals surface area contributed by atoms with Gasteiger partial charge in [0.25, 0.3) is 0 Å². The molecule has 92 valence electrons. The van der Waals surface area contributed by atoms with Crippen LogP contribution in [0.3, 0.4) is 0 Å². The summed E-state index contributed by atoms with van der Waals surface area (Å²) in [5.41, 5.74) is 0. The van der Waals surface area contributed by atoms with Crippen LogP contribution >= 0.6 is 0 Å². The molecule has 2 fully saturated rings. The van der Waals surface area contributed by atoms with Crippen molar-refractivity contribution in [2.45, 2.75) is 51.5 Å². The Labute approximate surface area is 97.9 Å². The van der Waals surface area contributed by atoms with Gasteiger partial charge in [0.1, 0.15) is 0 Å². The minimum atomic E-state index is 0.00363. The van der Waals surface area contributed by atoms with Gasteiger partial charge in [0.15, 0.2) is 0 Å². The first-order valence-electron chi connectivity index (χ1n) is 6.71. The average molecular weight is 225 g/mol. The van der Waals surface area contributed by atoms with Crippen LogP contribution in [0.15, 0.2) is 0 Å². The number of nitrogens with one attached hydrogen (secondary N) is 1. The van der Waals surface area contributed by atoms with Gasteiger partial charge in [0.05, 0.1) is 12.5 Å². The van der Waals surface area contributed by atoms with Gasteiger partial charge < -0.3 is 10.1 Å². The highest BCUT2D eigenvalue weighted by Gasteiger charge is 2.33. The first kappa shape index (κ1) is 11.9. The Balaban J connectivity index is 1.71. The van der Waals surface area contributed by atoms with Gasteiger partial charge in [-0.1, -0.05) is 19.3 Å². The molecule has 2 aliphatic carbocycles. The third-order valence-electron chi connectivity index (χ3n) is 3.76. The van der Waals surface area contributed by atoms with Gasteiger partial charge in [-0.2, -0.15) is 0 Å². The number of esters is 1. The summed E-state index contributed by atoms with van der Waals surface area (Å²) in [6, 6.07) is 0.373. The molecule has 2 atom stereocenters. The molecular formula is C13H23NO2. The van der Waals surface area contributed by atoms with E-state index in [1.165, 1.54) is 19.3 Å². The van der Waals surface area contributed by atoms with Crippen molar-refractivity contribution >= 4 is 5.97 Å². The summed E-state index contributed by atoms with van der Waals surface area (Å²) in [7, 11) is 0. The largest absolute Gasteiger partial charge is 0.466 e. The fourth-order valence-electron chi connectivity index (χ4n) is 2.62. The zero-order chi connectivity index (χ0) is 11.4. The number of hydrogen-bond acceptors (Lipinski definition) is 3. The quantitative estimate of drug-likeness (QED) is 0.704. The molecule has 16 heavy (non-hydrogen) atoms. The lowest BCUT2D eigenvalue weighted by atomic mass is 10.0. The van der Waals surface area contributed by atoms with Crippen LogP contribution in [-0.4, -0.2) is 25.2 Å². The summed E-state index contributed by atoms with van der Waals surface area (Å²) in [6.07, 6.45) is 7.39. The highest BCUT2D eigenvalue weighted by molar-refractivity contribution is 5.73. The van der Waals surface area contributed by atoms with E-state index in [1.807, 2.05) is 6.92 Å². The first-order chi connectivity index (χ1) is 7.81. The van der Waals surface area contributed by atoms with Crippen LogP contribution in [0.1, 0.15) is 45.4 Å². The van der Waals surface area contributed by atoms with Gasteiger partial charge in [-0.3, -0.25) is 4.79 Å². The Morgan fingerprint density at radius 3 is 2.81 bits per heavy atom. The standard InChI is InChI=1S/C13H23NO2/c1-2-16-13(15)11-4-3-5-12(11)14-9-8-10-6-7-10/h10-12,14H,2-9H2,1H3/t11-,12-/m1/s1. The van der Waals surface area contributed by atoms with E-state index in [2.05, 4.69) is 5.32 Å². The lowest BCUT2D eigenvalue weighted by Gasteiger charge is -2.19. The van der Waals surface area contributed by atoms with Crippen LogP contribution in [0, 0.1) is 11.8 Å². The summed E-state index contributed by atoms with van der Waals surface area (Å²) in [5, 5.41) is 3.54. The maximum absolute atomic E-state index is 11.7. The zero-order valence-corrected chi connectivity index (χ0v) is 10.2. The molecule has 0 heterocycles. The van der Waals surface area contributed by atoms with E-state index in [0.717, 1.165) is 31.7 Å². The molecule has 3 nitrogen and oxygen atoms in total. The lowest BCUT2D eigenvalue weighted by molar-refractivity contribution is -0.148. The van der Waals surface area contributed by atoms with Crippen LogP contribution in [-0.2, 0) is 9.53 Å². The van der Waals surface area contributed by atoms with E-state index in [4.69, 9.17) is 4.74 Å². The van der Waals surface area contributed by atoms with E-state index in [0.29, 0.717) is 12.6 Å². The molecule has 0 spiro atoms. The molecule has 2 saturated carbocycles. The Morgan fingerprint density at radius 2 is 2.12 bits per heavy atom. The molecule has 0 bridgehead atoms. The van der Waals surface area contributed by atoms with Gasteiger partial charge in [0, 0.05) is 6.04 Å². The van der Waals surface area contributed by atoms with Crippen molar-refractivity contribution in [1.82, 2.24) is 5.32 Å². The average Bonchev–Trinajstić information content (AvgIpc) is 2.96. The van der Waals surface area contributed by atoms with Crippen molar-refractivity contribution in [2.75, 3.05) is 13.2 Å². The topological polar surface area (TPSA) is 38.3 Å². The number of hydrogen-bond donors (Lipinski definition) is 1. The van der Waals surface area contributed by atoms with Gasteiger partial charge in [-0.15, -0.1) is 0 Å². The number of carbonyl (C=O) groups is 1. The molecule has 2 rings (SSSR count). The summed E-state index contributed by atoms with van der Waals surface area (Å²) in [6.45, 7) is 3.46. The second-order valence-corrected chi connectivity index (χ2v) is 5.08. The molecule has 2 aliphatic rings. The van der Waals surface area contributed by atoms with E-state index in [1.54, 1.807) is 0 Å². The van der Waals surface area contributed by atoms with Crippen molar-refractivity contribution in [2.24, 2.45) is 11.8 Å². The van der Waals surface area contributed by atoms with Crippen LogP contribution in [0.2, 0.25) is 0 Å². The van der Waals surface area contributed by atoms with Gasteiger partial charge >= 0.3 is 5.97 Å². The van der Waals surface area contributed by atoms with Crippen molar-refractivity contribution in [1.29, 1.82) is 0 Å². The molecule has 0 aromatic carbocycles. The minimum Gasteiger partial charge on any atom is -0.466 e. The summed E-state index contributed by atoms with van der Waals surface area (Å²) in [5.74, 6) is 1.08. The summed E-state index contributed by atoms with van der Waals surface area (Å²) < 4.78 is 5.12. The predicted octanol–water partition coefficient (Wildman–Crippen LogP) is 2.11. The molecule has 0 unspecified atom stereocenters. The predicted molar refractivity (Wildman–Crippen MR) is 63.1 cm³/mol. The number of carbonyl (C=O) groups excluding carboxylic acids is 1. The van der Waals surface area contributed by atoms with Crippen molar-refractivity contribution in [3.8, 4) is 0 Å². The van der Waals surface area contributed by atoms with Crippen LogP contribution in [0.4, 0.5) is 0 Å². The molecule has 0 aromatic heterocycles. The van der Waals surface area contributed by atoms with E-state index in [-0.39, 0.29) is 11.9 Å². The minimum absolute atomic E-state index is 0.00363. The third-order valence-corrected chi connectivity index (χ3v) is 3.76. The van der Waals surface area contributed by atoms with Gasteiger partial charge in [-0.05, 0) is 38.6 Å². The number of rotatable bonds is 6. The number of ether oxygens (including phenoxy) is 1. The Bertz CT molecular complexity index is 238. The molecule has 0 aliphatic heterocycles. The molecular weight excluding hydrogens is 202 g/mol. The highest BCUT2D eigenvalue weighted by atomic mass is 16.5. The summed E-state index contributed by atoms with van der Waals surface area (Å²) >= 11 is 0. The van der Waals surface area contributed by atoms with Crippen molar-refractivity contribution in [3.05, 3.63) is 0 Å². The maximum atomic E-state index is 11.7. The molecule has 1 N–H and O–H groups in total. The van der Waals surface area contributed by atoms with E-state index < -0.39 is 0 Å². The molecule has 0 radical (unpaired) electrons. The smallest absolute Gasteiger partial charge is 0.310 e. The lowest BCUT2D eigenvalue weighted by Crippen LogP contribution is -2.37. The van der Waals surface area contributed by atoms with Crippen molar-refractivity contribution in [3.63, 3.8) is 0 Å². The van der Waals surface area contributed by atoms with E-state index in [9.17, 15) is 4.79 Å². The van der Waals surface area contributed by atoms with E-state index >= 15 is 0 Å². The second-order valence-electron chi connectivity index (χ2n) is 5.08. The normalized spacial score (nSPS) is 29.3. The van der Waals surface area contributed by atoms with Crippen molar-refractivity contribution < 1.29 is 9.53 Å². The molecule has 0 saturated heterocycles. The molecule has 0 aromatic rings. The Morgan fingerprint density at radius 1 is 1.31 bits per heavy atom. The highest BCUT2D eigenvalue weighted by Crippen LogP contribution is 2.32. The summed E-state index contributed by atoms with van der Waals surface area (Å²) in [4.78, 5) is 11.7. The Hall–Kier alpha value is -0.570. The van der Waals surface area contributed by atoms with Gasteiger partial charge in [-0.25, -0.2) is 0 Å². The Kier molecular flexibility index (Phi) is 4.22. The third kappa shape index (κ3) is 3.21. The molecule has 0 amide bonds. The van der Waals surface area contributed by atoms with Gasteiger partial charge in [0.2, 0.25) is 0 Å². The first-order valence-corrected chi connectivity index (χ1v) is 6.71. The fourth-order valence-corrected chi connectivity index (χ4v) is 2.62. The molecule has 3 heteroatoms. The SMILES string of the molecule is CCOC(=O)[C@@H]1CCC[C@H]1NCCC1CC1.